The molecule has 3 aromatic carbocycles. The zero-order valence-corrected chi connectivity index (χ0v) is 21.9. The number of rotatable bonds is 9. The van der Waals surface area contributed by atoms with Crippen LogP contribution in [-0.4, -0.2) is 43.4 Å². The predicted molar refractivity (Wildman–Crippen MR) is 150 cm³/mol. The summed E-state index contributed by atoms with van der Waals surface area (Å²) in [5.41, 5.74) is 11.0. The number of urea groups is 1. The molecule has 0 aliphatic rings. The lowest BCUT2D eigenvalue weighted by Crippen LogP contribution is -2.36. The van der Waals surface area contributed by atoms with Crippen molar-refractivity contribution in [3.05, 3.63) is 71.8 Å². The normalized spacial score (nSPS) is 11.1. The van der Waals surface area contributed by atoms with Crippen LogP contribution < -0.4 is 15.4 Å². The Balaban J connectivity index is 1.75. The summed E-state index contributed by atoms with van der Waals surface area (Å²) >= 11 is 1.12. The number of carbonyl (C=O) groups excluding carboxylic acids is 2. The van der Waals surface area contributed by atoms with Gasteiger partial charge < -0.3 is 20.1 Å². The molecule has 5 rings (SSSR count). The number of aromatic nitrogens is 3. The zero-order valence-electron chi connectivity index (χ0n) is 21.0. The quantitative estimate of drug-likeness (QED) is 0.174. The van der Waals surface area contributed by atoms with Gasteiger partial charge in [0, 0.05) is 23.2 Å². The second kappa shape index (κ2) is 10.9. The Morgan fingerprint density at radius 3 is 2.54 bits per heavy atom. The third-order valence-electron chi connectivity index (χ3n) is 6.49. The van der Waals surface area contributed by atoms with Gasteiger partial charge in [-0.25, -0.2) is 9.59 Å². The van der Waals surface area contributed by atoms with E-state index >= 15 is 0 Å². The van der Waals surface area contributed by atoms with Crippen LogP contribution in [-0.2, 0) is 6.54 Å². The maximum Gasteiger partial charge on any atom is 0.512 e. The van der Waals surface area contributed by atoms with Gasteiger partial charge in [0.05, 0.1) is 29.4 Å². The van der Waals surface area contributed by atoms with Crippen molar-refractivity contribution in [2.45, 2.75) is 26.3 Å². The van der Waals surface area contributed by atoms with Crippen LogP contribution in [0, 0.1) is 0 Å². The van der Waals surface area contributed by atoms with Gasteiger partial charge in [0.2, 0.25) is 5.88 Å². The Morgan fingerprint density at radius 2 is 1.85 bits per heavy atom. The first-order chi connectivity index (χ1) is 18.9. The van der Waals surface area contributed by atoms with Crippen molar-refractivity contribution in [3.63, 3.8) is 0 Å². The molecule has 0 fully saturated rings. The fraction of sp³-hybridized carbons (Fsp3) is 0.179. The van der Waals surface area contributed by atoms with Gasteiger partial charge in [-0.15, -0.1) is 0 Å². The van der Waals surface area contributed by atoms with Gasteiger partial charge in [0.25, 0.3) is 0 Å². The molecular formula is C28H25N5O5S. The average molecular weight is 544 g/mol. The highest BCUT2D eigenvalue weighted by molar-refractivity contribution is 7.00. The van der Waals surface area contributed by atoms with E-state index in [0.717, 1.165) is 47.5 Å². The summed E-state index contributed by atoms with van der Waals surface area (Å²) in [7, 11) is 0. The molecule has 11 heteroatoms. The third-order valence-corrected chi connectivity index (χ3v) is 7.05. The summed E-state index contributed by atoms with van der Waals surface area (Å²) < 4.78 is 15.7. The minimum absolute atomic E-state index is 0.115. The van der Waals surface area contributed by atoms with Crippen LogP contribution in [0.1, 0.15) is 35.7 Å². The highest BCUT2D eigenvalue weighted by Gasteiger charge is 2.24. The van der Waals surface area contributed by atoms with E-state index in [1.807, 2.05) is 37.3 Å². The van der Waals surface area contributed by atoms with Crippen LogP contribution in [0.25, 0.3) is 33.1 Å². The molecule has 0 unspecified atom stereocenters. The summed E-state index contributed by atoms with van der Waals surface area (Å²) in [5.74, 6) is 0.115. The Hall–Kier alpha value is -4.77. The van der Waals surface area contributed by atoms with Gasteiger partial charge in [0.15, 0.2) is 0 Å². The SMILES string of the molecule is CCCCN(C(N)=O)c1ccc2c(c1)c(-c1ccc(C=O)cc1)c(OC(=O)O)n2Cc1ccc2nsnc2c1. The number of aldehydes is 1. The third kappa shape index (κ3) is 5.16. The van der Waals surface area contributed by atoms with Crippen molar-refractivity contribution < 1.29 is 24.2 Å². The maximum absolute atomic E-state index is 12.3. The first kappa shape index (κ1) is 25.9. The summed E-state index contributed by atoms with van der Waals surface area (Å²) in [4.78, 5) is 37.0. The van der Waals surface area contributed by atoms with E-state index in [0.29, 0.717) is 39.8 Å². The molecule has 0 radical (unpaired) electrons. The van der Waals surface area contributed by atoms with Gasteiger partial charge in [-0.2, -0.15) is 8.75 Å². The molecule has 0 atom stereocenters. The van der Waals surface area contributed by atoms with Gasteiger partial charge in [-0.3, -0.25) is 9.69 Å². The van der Waals surface area contributed by atoms with Crippen LogP contribution >= 0.6 is 11.7 Å². The molecule has 0 bridgehead atoms. The number of unbranched alkanes of at least 4 members (excludes halogenated alkanes) is 1. The van der Waals surface area contributed by atoms with E-state index in [4.69, 9.17) is 10.5 Å². The first-order valence-electron chi connectivity index (χ1n) is 12.3. The minimum atomic E-state index is -1.47. The molecule has 0 aliphatic heterocycles. The lowest BCUT2D eigenvalue weighted by Gasteiger charge is -2.20. The van der Waals surface area contributed by atoms with E-state index in [1.165, 1.54) is 4.90 Å². The van der Waals surface area contributed by atoms with Crippen LogP contribution in [0.5, 0.6) is 5.88 Å². The second-order valence-electron chi connectivity index (χ2n) is 9.01. The number of hydrogen-bond acceptors (Lipinski definition) is 7. The lowest BCUT2D eigenvalue weighted by atomic mass is 10.0. The Labute approximate surface area is 227 Å². The zero-order chi connectivity index (χ0) is 27.5. The van der Waals surface area contributed by atoms with Gasteiger partial charge in [0.1, 0.15) is 17.3 Å². The molecule has 0 saturated carbocycles. The van der Waals surface area contributed by atoms with Crippen molar-refractivity contribution >= 4 is 57.8 Å². The minimum Gasteiger partial charge on any atom is -0.449 e. The summed E-state index contributed by atoms with van der Waals surface area (Å²) in [5, 5.41) is 10.4. The largest absolute Gasteiger partial charge is 0.512 e. The van der Waals surface area contributed by atoms with Crippen LogP contribution in [0.15, 0.2) is 60.7 Å². The Kier molecular flexibility index (Phi) is 7.24. The monoisotopic (exact) mass is 543 g/mol. The van der Waals surface area contributed by atoms with Crippen molar-refractivity contribution in [1.82, 2.24) is 13.3 Å². The molecular weight excluding hydrogens is 518 g/mol. The fourth-order valence-electron chi connectivity index (χ4n) is 4.63. The maximum atomic E-state index is 12.3. The fourth-order valence-corrected chi connectivity index (χ4v) is 5.15. The number of primary amides is 1. The molecule has 5 aromatic rings. The predicted octanol–water partition coefficient (Wildman–Crippen LogP) is 5.92. The number of ether oxygens (including phenoxy) is 1. The Bertz CT molecular complexity index is 1690. The lowest BCUT2D eigenvalue weighted by molar-refractivity contribution is 0.112. The number of hydrogen-bond donors (Lipinski definition) is 2. The molecule has 0 saturated heterocycles. The molecule has 2 amide bonds. The molecule has 39 heavy (non-hydrogen) atoms. The molecule has 2 heterocycles. The Morgan fingerprint density at radius 1 is 1.08 bits per heavy atom. The van der Waals surface area contributed by atoms with Crippen LogP contribution in [0.2, 0.25) is 0 Å². The van der Waals surface area contributed by atoms with Gasteiger partial charge in [-0.1, -0.05) is 43.7 Å². The van der Waals surface area contributed by atoms with Crippen molar-refractivity contribution in [2.24, 2.45) is 5.73 Å². The van der Waals surface area contributed by atoms with E-state index < -0.39 is 12.2 Å². The summed E-state index contributed by atoms with van der Waals surface area (Å²) in [6, 6.07) is 17.3. The highest BCUT2D eigenvalue weighted by atomic mass is 32.1. The van der Waals surface area contributed by atoms with E-state index in [9.17, 15) is 19.5 Å². The number of nitrogens with two attached hydrogens (primary N) is 1. The number of benzene rings is 3. The number of anilines is 1. The number of amides is 2. The number of fused-ring (bicyclic) bond motifs is 2. The van der Waals surface area contributed by atoms with Crippen molar-refractivity contribution in [2.75, 3.05) is 11.4 Å². The molecule has 2 aromatic heterocycles. The number of carboxylic acid groups (broad SMARTS) is 1. The van der Waals surface area contributed by atoms with Gasteiger partial charge >= 0.3 is 12.2 Å². The number of nitrogens with zero attached hydrogens (tertiary/aromatic N) is 4. The summed E-state index contributed by atoms with van der Waals surface area (Å²) in [6.07, 6.45) is 0.919. The van der Waals surface area contributed by atoms with Crippen molar-refractivity contribution in [3.8, 4) is 17.0 Å². The van der Waals surface area contributed by atoms with E-state index in [-0.39, 0.29) is 12.4 Å². The topological polar surface area (TPSA) is 141 Å². The molecule has 3 N–H and O–H groups in total. The van der Waals surface area contributed by atoms with Gasteiger partial charge in [-0.05, 0) is 47.9 Å². The molecule has 0 aliphatic carbocycles. The van der Waals surface area contributed by atoms with Crippen LogP contribution in [0.4, 0.5) is 15.3 Å². The first-order valence-corrected chi connectivity index (χ1v) is 13.0. The standard InChI is InChI=1S/C28H25N5O5S/c1-2-3-12-32(27(29)35)20-9-11-24-21(14-20)25(19-7-4-17(16-34)5-8-19)26(38-28(36)37)33(24)15-18-6-10-22-23(13-18)31-39-30-22/h4-11,13-14,16H,2-3,12,15H2,1H3,(H2,29,35)(H,36,37). The summed E-state index contributed by atoms with van der Waals surface area (Å²) in [6.45, 7) is 2.76. The number of carbonyl (C=O) groups is 3. The molecule has 0 spiro atoms. The van der Waals surface area contributed by atoms with E-state index in [1.54, 1.807) is 34.9 Å². The smallest absolute Gasteiger partial charge is 0.449 e. The second-order valence-corrected chi connectivity index (χ2v) is 9.53. The average Bonchev–Trinajstić information content (AvgIpc) is 3.50. The molecule has 198 valence electrons. The highest BCUT2D eigenvalue weighted by Crippen LogP contribution is 2.42. The van der Waals surface area contributed by atoms with E-state index in [2.05, 4.69) is 8.75 Å². The van der Waals surface area contributed by atoms with Crippen molar-refractivity contribution in [1.29, 1.82) is 0 Å². The molecule has 10 nitrogen and oxygen atoms in total. The van der Waals surface area contributed by atoms with Crippen LogP contribution in [0.3, 0.4) is 0 Å².